The molecule has 2 N–H and O–H groups in total. The van der Waals surface area contributed by atoms with E-state index >= 15 is 0 Å². The molecule has 0 bridgehead atoms. The zero-order chi connectivity index (χ0) is 14.4. The zero-order valence-corrected chi connectivity index (χ0v) is 12.0. The number of hydrogen-bond donors (Lipinski definition) is 2. The van der Waals surface area contributed by atoms with Crippen LogP contribution in [0.25, 0.3) is 0 Å². The fourth-order valence-corrected chi connectivity index (χ4v) is 1.80. The lowest BCUT2D eigenvalue weighted by atomic mass is 10.2. The molecular formula is C13H18ClNO4. The van der Waals surface area contributed by atoms with Crippen LogP contribution in [0.3, 0.4) is 0 Å². The normalized spacial score (nSPS) is 11.8. The minimum absolute atomic E-state index is 0.151. The average Bonchev–Trinajstić information content (AvgIpc) is 2.40. The molecule has 106 valence electrons. The Morgan fingerprint density at radius 2 is 2.21 bits per heavy atom. The van der Waals surface area contributed by atoms with Gasteiger partial charge in [0.15, 0.2) is 17.6 Å². The first kappa shape index (κ1) is 15.6. The third-order valence-electron chi connectivity index (χ3n) is 2.49. The van der Waals surface area contributed by atoms with Crippen LogP contribution in [0.4, 0.5) is 0 Å². The molecule has 0 aliphatic rings. The van der Waals surface area contributed by atoms with Crippen LogP contribution < -0.4 is 14.8 Å². The van der Waals surface area contributed by atoms with Gasteiger partial charge in [0.2, 0.25) is 0 Å². The fourth-order valence-electron chi connectivity index (χ4n) is 1.53. The molecule has 0 aromatic heterocycles. The Balaban J connectivity index is 2.97. The number of carbonyl (C=O) groups excluding carboxylic acids is 1. The lowest BCUT2D eigenvalue weighted by Crippen LogP contribution is -2.36. The maximum Gasteiger partial charge on any atom is 0.260 e. The maximum atomic E-state index is 11.6. The van der Waals surface area contributed by atoms with E-state index < -0.39 is 6.10 Å². The molecule has 0 saturated carbocycles. The molecule has 0 spiro atoms. The standard InChI is InChI=1S/C13H18ClNO4/c1-4-15-13(17)8(2)19-12-10(14)5-9(7-16)6-11(12)18-3/h5-6,8,16H,4,7H2,1-3H3,(H,15,17). The summed E-state index contributed by atoms with van der Waals surface area (Å²) in [5.74, 6) is 0.444. The van der Waals surface area contributed by atoms with E-state index in [0.29, 0.717) is 28.6 Å². The topological polar surface area (TPSA) is 67.8 Å². The number of methoxy groups -OCH3 is 1. The van der Waals surface area contributed by atoms with Crippen LogP contribution in [0.15, 0.2) is 12.1 Å². The van der Waals surface area contributed by atoms with Crippen LogP contribution in [-0.4, -0.2) is 30.8 Å². The Bertz CT molecular complexity index is 451. The number of amides is 1. The van der Waals surface area contributed by atoms with Crippen molar-refractivity contribution in [2.75, 3.05) is 13.7 Å². The van der Waals surface area contributed by atoms with Gasteiger partial charge in [-0.2, -0.15) is 0 Å². The van der Waals surface area contributed by atoms with Crippen LogP contribution in [0.5, 0.6) is 11.5 Å². The molecule has 0 aliphatic carbocycles. The third-order valence-corrected chi connectivity index (χ3v) is 2.77. The number of nitrogens with one attached hydrogen (secondary N) is 1. The van der Waals surface area contributed by atoms with Gasteiger partial charge >= 0.3 is 0 Å². The molecule has 0 heterocycles. The van der Waals surface area contributed by atoms with Crippen molar-refractivity contribution in [3.8, 4) is 11.5 Å². The fraction of sp³-hybridized carbons (Fsp3) is 0.462. The quantitative estimate of drug-likeness (QED) is 0.836. The molecule has 0 radical (unpaired) electrons. The van der Waals surface area contributed by atoms with Gasteiger partial charge in [0, 0.05) is 6.54 Å². The molecule has 0 saturated heterocycles. The molecule has 1 atom stereocenters. The van der Waals surface area contributed by atoms with E-state index in [1.807, 2.05) is 6.92 Å². The first-order chi connectivity index (χ1) is 9.03. The van der Waals surface area contributed by atoms with Gasteiger partial charge < -0.3 is 19.9 Å². The van der Waals surface area contributed by atoms with E-state index in [1.54, 1.807) is 19.1 Å². The average molecular weight is 288 g/mol. The molecule has 0 aliphatic heterocycles. The number of carbonyl (C=O) groups is 1. The van der Waals surface area contributed by atoms with Crippen LogP contribution in [-0.2, 0) is 11.4 Å². The molecule has 5 nitrogen and oxygen atoms in total. The number of rotatable bonds is 6. The summed E-state index contributed by atoms with van der Waals surface area (Å²) in [6.45, 7) is 3.83. The van der Waals surface area contributed by atoms with Crippen molar-refractivity contribution in [2.45, 2.75) is 26.6 Å². The Morgan fingerprint density at radius 1 is 1.53 bits per heavy atom. The van der Waals surface area contributed by atoms with E-state index in [9.17, 15) is 4.79 Å². The Labute approximate surface area is 117 Å². The third kappa shape index (κ3) is 4.01. The van der Waals surface area contributed by atoms with Crippen LogP contribution in [0.2, 0.25) is 5.02 Å². The predicted octanol–water partition coefficient (Wildman–Crippen LogP) is 1.74. The maximum absolute atomic E-state index is 11.6. The minimum atomic E-state index is -0.689. The van der Waals surface area contributed by atoms with Gasteiger partial charge in [-0.1, -0.05) is 11.6 Å². The Morgan fingerprint density at radius 3 is 2.74 bits per heavy atom. The van der Waals surface area contributed by atoms with Gasteiger partial charge in [-0.05, 0) is 31.5 Å². The molecule has 1 unspecified atom stereocenters. The monoisotopic (exact) mass is 287 g/mol. The van der Waals surface area contributed by atoms with Crippen LogP contribution in [0.1, 0.15) is 19.4 Å². The number of halogens is 1. The summed E-state index contributed by atoms with van der Waals surface area (Å²) in [5, 5.41) is 12.0. The number of ether oxygens (including phenoxy) is 2. The number of hydrogen-bond acceptors (Lipinski definition) is 4. The number of likely N-dealkylation sites (N-methyl/N-ethyl adjacent to an activating group) is 1. The lowest BCUT2D eigenvalue weighted by Gasteiger charge is -2.18. The van der Waals surface area contributed by atoms with E-state index in [1.165, 1.54) is 7.11 Å². The van der Waals surface area contributed by atoms with Gasteiger partial charge in [0.05, 0.1) is 18.7 Å². The highest BCUT2D eigenvalue weighted by Gasteiger charge is 2.19. The van der Waals surface area contributed by atoms with Crippen molar-refractivity contribution in [1.82, 2.24) is 5.32 Å². The van der Waals surface area contributed by atoms with Crippen molar-refractivity contribution in [3.05, 3.63) is 22.7 Å². The molecule has 6 heteroatoms. The molecular weight excluding hydrogens is 270 g/mol. The van der Waals surface area contributed by atoms with E-state index in [2.05, 4.69) is 5.32 Å². The van der Waals surface area contributed by atoms with E-state index in [0.717, 1.165) is 0 Å². The number of benzene rings is 1. The van der Waals surface area contributed by atoms with Gasteiger partial charge in [0.1, 0.15) is 0 Å². The summed E-state index contributed by atoms with van der Waals surface area (Å²) in [5.41, 5.74) is 0.611. The van der Waals surface area contributed by atoms with Gasteiger partial charge in [-0.15, -0.1) is 0 Å². The van der Waals surface area contributed by atoms with E-state index in [4.69, 9.17) is 26.2 Å². The van der Waals surface area contributed by atoms with Crippen molar-refractivity contribution >= 4 is 17.5 Å². The van der Waals surface area contributed by atoms with Crippen LogP contribution in [0, 0.1) is 0 Å². The number of aliphatic hydroxyl groups excluding tert-OH is 1. The Kier molecular flexibility index (Phi) is 5.92. The van der Waals surface area contributed by atoms with E-state index in [-0.39, 0.29) is 12.5 Å². The molecule has 1 amide bonds. The highest BCUT2D eigenvalue weighted by molar-refractivity contribution is 6.32. The summed E-state index contributed by atoms with van der Waals surface area (Å²) in [6, 6.07) is 3.19. The first-order valence-electron chi connectivity index (χ1n) is 5.95. The SMILES string of the molecule is CCNC(=O)C(C)Oc1c(Cl)cc(CO)cc1OC. The van der Waals surface area contributed by atoms with Crippen LogP contribution >= 0.6 is 11.6 Å². The molecule has 1 rings (SSSR count). The highest BCUT2D eigenvalue weighted by atomic mass is 35.5. The molecule has 19 heavy (non-hydrogen) atoms. The summed E-state index contributed by atoms with van der Waals surface area (Å²) < 4.78 is 10.7. The summed E-state index contributed by atoms with van der Waals surface area (Å²) in [6.07, 6.45) is -0.689. The van der Waals surface area contributed by atoms with Gasteiger partial charge in [-0.25, -0.2) is 0 Å². The number of aliphatic hydroxyl groups is 1. The smallest absolute Gasteiger partial charge is 0.260 e. The molecule has 1 aromatic carbocycles. The van der Waals surface area contributed by atoms with Crippen molar-refractivity contribution in [1.29, 1.82) is 0 Å². The highest BCUT2D eigenvalue weighted by Crippen LogP contribution is 2.37. The molecule has 1 aromatic rings. The largest absolute Gasteiger partial charge is 0.493 e. The first-order valence-corrected chi connectivity index (χ1v) is 6.32. The second-order valence-electron chi connectivity index (χ2n) is 3.92. The second-order valence-corrected chi connectivity index (χ2v) is 4.33. The van der Waals surface area contributed by atoms with Crippen molar-refractivity contribution < 1.29 is 19.4 Å². The van der Waals surface area contributed by atoms with Gasteiger partial charge in [0.25, 0.3) is 5.91 Å². The minimum Gasteiger partial charge on any atom is -0.493 e. The summed E-state index contributed by atoms with van der Waals surface area (Å²) in [7, 11) is 1.47. The van der Waals surface area contributed by atoms with Gasteiger partial charge in [-0.3, -0.25) is 4.79 Å². The summed E-state index contributed by atoms with van der Waals surface area (Å²) >= 11 is 6.07. The molecule has 0 fully saturated rings. The summed E-state index contributed by atoms with van der Waals surface area (Å²) in [4.78, 5) is 11.6. The van der Waals surface area contributed by atoms with Crippen molar-refractivity contribution in [2.24, 2.45) is 0 Å². The van der Waals surface area contributed by atoms with Crippen molar-refractivity contribution in [3.63, 3.8) is 0 Å². The zero-order valence-electron chi connectivity index (χ0n) is 11.2. The lowest BCUT2D eigenvalue weighted by molar-refractivity contribution is -0.127. The second kappa shape index (κ2) is 7.21. The Hall–Kier alpha value is -1.46. The predicted molar refractivity (Wildman–Crippen MR) is 72.7 cm³/mol.